The predicted octanol–water partition coefficient (Wildman–Crippen LogP) is 2.18. The van der Waals surface area contributed by atoms with Crippen molar-refractivity contribution in [1.29, 1.82) is 5.26 Å². The Labute approximate surface area is 152 Å². The van der Waals surface area contributed by atoms with Crippen molar-refractivity contribution in [3.63, 3.8) is 0 Å². The van der Waals surface area contributed by atoms with Gasteiger partial charge in [0.15, 0.2) is 6.61 Å². The first-order valence-electron chi connectivity index (χ1n) is 6.96. The smallest absolute Gasteiger partial charge is 0.325 e. The van der Waals surface area contributed by atoms with Crippen LogP contribution in [0.5, 0.6) is 0 Å². The maximum absolute atomic E-state index is 11.8. The number of esters is 1. The largest absolute Gasteiger partial charge is 0.454 e. The van der Waals surface area contributed by atoms with Gasteiger partial charge in [0.05, 0.1) is 5.56 Å². The number of nitriles is 1. The van der Waals surface area contributed by atoms with Gasteiger partial charge in [-0.3, -0.25) is 14.4 Å². The summed E-state index contributed by atoms with van der Waals surface area (Å²) < 4.78 is 4.77. The van der Waals surface area contributed by atoms with Crippen LogP contribution in [0.15, 0.2) is 35.7 Å². The molecule has 128 valence electrons. The third-order valence-corrected chi connectivity index (χ3v) is 3.98. The Hall–Kier alpha value is -2.89. The van der Waals surface area contributed by atoms with Gasteiger partial charge in [-0.1, -0.05) is 11.6 Å². The van der Waals surface area contributed by atoms with Crippen LogP contribution in [-0.4, -0.2) is 30.9 Å². The van der Waals surface area contributed by atoms with Crippen LogP contribution in [0.3, 0.4) is 0 Å². The number of carbonyl (C=O) groups is 3. The van der Waals surface area contributed by atoms with Crippen molar-refractivity contribution in [2.45, 2.75) is 0 Å². The molecule has 0 saturated heterocycles. The van der Waals surface area contributed by atoms with Gasteiger partial charge in [-0.05, 0) is 35.7 Å². The minimum atomic E-state index is -0.760. The third-order valence-electron chi connectivity index (χ3n) is 2.90. The summed E-state index contributed by atoms with van der Waals surface area (Å²) in [7, 11) is 0. The number of hydrogen-bond acceptors (Lipinski definition) is 6. The molecule has 0 spiro atoms. The van der Waals surface area contributed by atoms with Crippen molar-refractivity contribution in [2.75, 3.05) is 18.5 Å². The second-order valence-electron chi connectivity index (χ2n) is 4.67. The van der Waals surface area contributed by atoms with E-state index in [4.69, 9.17) is 21.6 Å². The summed E-state index contributed by atoms with van der Waals surface area (Å²) in [6.45, 7) is -0.893. The Bertz CT molecular complexity index is 827. The van der Waals surface area contributed by atoms with Crippen LogP contribution in [0.2, 0.25) is 5.02 Å². The Morgan fingerprint density at radius 1 is 1.20 bits per heavy atom. The average Bonchev–Trinajstić information content (AvgIpc) is 3.05. The number of nitrogens with zero attached hydrogens (tertiary/aromatic N) is 1. The molecule has 2 amide bonds. The molecule has 0 bridgehead atoms. The van der Waals surface area contributed by atoms with Gasteiger partial charge in [0, 0.05) is 10.6 Å². The number of rotatable bonds is 6. The normalized spacial score (nSPS) is 9.76. The topological polar surface area (TPSA) is 108 Å². The van der Waals surface area contributed by atoms with E-state index in [0.717, 1.165) is 0 Å². The van der Waals surface area contributed by atoms with Gasteiger partial charge in [-0.15, -0.1) is 11.3 Å². The Kier molecular flexibility index (Phi) is 6.51. The molecule has 2 aromatic rings. The van der Waals surface area contributed by atoms with E-state index in [9.17, 15) is 14.4 Å². The Morgan fingerprint density at radius 3 is 2.60 bits per heavy atom. The average molecular weight is 378 g/mol. The van der Waals surface area contributed by atoms with E-state index in [1.165, 1.54) is 23.5 Å². The zero-order valence-electron chi connectivity index (χ0n) is 12.7. The zero-order valence-corrected chi connectivity index (χ0v) is 14.3. The van der Waals surface area contributed by atoms with E-state index in [0.29, 0.717) is 21.2 Å². The number of hydrogen-bond donors (Lipinski definition) is 2. The summed E-state index contributed by atoms with van der Waals surface area (Å²) in [4.78, 5) is 35.1. The van der Waals surface area contributed by atoms with Crippen LogP contribution in [-0.2, 0) is 14.3 Å². The highest BCUT2D eigenvalue weighted by Crippen LogP contribution is 2.21. The first-order valence-corrected chi connectivity index (χ1v) is 8.22. The fraction of sp³-hybridized carbons (Fsp3) is 0.125. The highest BCUT2D eigenvalue weighted by atomic mass is 35.5. The van der Waals surface area contributed by atoms with Gasteiger partial charge in [0.25, 0.3) is 11.8 Å². The molecule has 0 aliphatic carbocycles. The van der Waals surface area contributed by atoms with Gasteiger partial charge in [0.1, 0.15) is 17.6 Å². The van der Waals surface area contributed by atoms with Gasteiger partial charge >= 0.3 is 5.97 Å². The molecular weight excluding hydrogens is 366 g/mol. The van der Waals surface area contributed by atoms with Crippen molar-refractivity contribution >= 4 is 45.7 Å². The number of halogens is 1. The second kappa shape index (κ2) is 8.82. The lowest BCUT2D eigenvalue weighted by Gasteiger charge is -2.07. The molecule has 2 rings (SSSR count). The summed E-state index contributed by atoms with van der Waals surface area (Å²) in [5.41, 5.74) is 0.677. The molecule has 0 fully saturated rings. The lowest BCUT2D eigenvalue weighted by molar-refractivity contribution is -0.146. The first-order chi connectivity index (χ1) is 12.0. The summed E-state index contributed by atoms with van der Waals surface area (Å²) in [6, 6.07) is 9.64. The first kappa shape index (κ1) is 18.4. The van der Waals surface area contributed by atoms with Crippen molar-refractivity contribution in [3.8, 4) is 6.07 Å². The molecule has 1 heterocycles. The lowest BCUT2D eigenvalue weighted by Crippen LogP contribution is -2.32. The fourth-order valence-corrected chi connectivity index (χ4v) is 2.59. The van der Waals surface area contributed by atoms with Gasteiger partial charge in [-0.2, -0.15) is 5.26 Å². The molecule has 7 nitrogen and oxygen atoms in total. The number of amides is 2. The maximum atomic E-state index is 11.8. The van der Waals surface area contributed by atoms with Crippen molar-refractivity contribution in [2.24, 2.45) is 0 Å². The zero-order chi connectivity index (χ0) is 18.2. The van der Waals surface area contributed by atoms with Crippen LogP contribution >= 0.6 is 22.9 Å². The number of carbonyl (C=O) groups excluding carboxylic acids is 3. The van der Waals surface area contributed by atoms with Crippen LogP contribution in [0, 0.1) is 11.3 Å². The number of benzene rings is 1. The molecule has 0 aliphatic heterocycles. The Balaban J connectivity index is 1.73. The molecule has 2 N–H and O–H groups in total. The SMILES string of the molecule is N#Cc1ccsc1NC(=O)COC(=O)CNC(=O)c1ccc(Cl)cc1. The van der Waals surface area contributed by atoms with Gasteiger partial charge in [-0.25, -0.2) is 0 Å². The number of ether oxygens (including phenoxy) is 1. The number of anilines is 1. The minimum Gasteiger partial charge on any atom is -0.454 e. The van der Waals surface area contributed by atoms with Gasteiger partial charge in [0.2, 0.25) is 0 Å². The molecule has 9 heteroatoms. The van der Waals surface area contributed by atoms with Crippen LogP contribution in [0.25, 0.3) is 0 Å². The highest BCUT2D eigenvalue weighted by molar-refractivity contribution is 7.14. The summed E-state index contributed by atoms with van der Waals surface area (Å²) >= 11 is 6.91. The molecule has 0 saturated carbocycles. The number of thiophene rings is 1. The molecule has 1 aromatic heterocycles. The van der Waals surface area contributed by atoms with E-state index >= 15 is 0 Å². The van der Waals surface area contributed by atoms with E-state index in [2.05, 4.69) is 10.6 Å². The van der Waals surface area contributed by atoms with Crippen molar-refractivity contribution < 1.29 is 19.1 Å². The Morgan fingerprint density at radius 2 is 1.92 bits per heavy atom. The minimum absolute atomic E-state index is 0.333. The summed E-state index contributed by atoms with van der Waals surface area (Å²) in [5.74, 6) is -1.80. The molecule has 0 unspecified atom stereocenters. The van der Waals surface area contributed by atoms with E-state index in [-0.39, 0.29) is 6.54 Å². The standard InChI is InChI=1S/C16H12ClN3O4S/c17-12-3-1-10(2-4-12)15(23)19-8-14(22)24-9-13(21)20-16-11(7-18)5-6-25-16/h1-6H,8-9H2,(H,19,23)(H,20,21). The van der Waals surface area contributed by atoms with E-state index in [1.54, 1.807) is 23.6 Å². The monoisotopic (exact) mass is 377 g/mol. The molecule has 0 radical (unpaired) electrons. The maximum Gasteiger partial charge on any atom is 0.325 e. The second-order valence-corrected chi connectivity index (χ2v) is 6.03. The molecule has 1 aromatic carbocycles. The molecular formula is C16H12ClN3O4S. The quantitative estimate of drug-likeness (QED) is 0.750. The third kappa shape index (κ3) is 5.60. The van der Waals surface area contributed by atoms with Gasteiger partial charge < -0.3 is 15.4 Å². The number of nitrogens with one attached hydrogen (secondary N) is 2. The van der Waals surface area contributed by atoms with Crippen LogP contribution in [0.1, 0.15) is 15.9 Å². The van der Waals surface area contributed by atoms with E-state index < -0.39 is 24.4 Å². The fourth-order valence-electron chi connectivity index (χ4n) is 1.71. The van der Waals surface area contributed by atoms with Crippen molar-refractivity contribution in [1.82, 2.24) is 5.32 Å². The van der Waals surface area contributed by atoms with Crippen LogP contribution in [0.4, 0.5) is 5.00 Å². The summed E-state index contributed by atoms with van der Waals surface area (Å²) in [6.07, 6.45) is 0. The molecule has 0 aliphatic rings. The highest BCUT2D eigenvalue weighted by Gasteiger charge is 2.12. The molecule has 0 atom stereocenters. The molecule has 25 heavy (non-hydrogen) atoms. The van der Waals surface area contributed by atoms with Crippen molar-refractivity contribution in [3.05, 3.63) is 51.9 Å². The van der Waals surface area contributed by atoms with E-state index in [1.807, 2.05) is 6.07 Å². The predicted molar refractivity (Wildman–Crippen MR) is 92.4 cm³/mol. The van der Waals surface area contributed by atoms with Crippen LogP contribution < -0.4 is 10.6 Å². The lowest BCUT2D eigenvalue weighted by atomic mass is 10.2. The summed E-state index contributed by atoms with van der Waals surface area (Å²) in [5, 5.41) is 16.2.